The smallest absolute Gasteiger partial charge is 0.311 e. The summed E-state index contributed by atoms with van der Waals surface area (Å²) in [5.74, 6) is -1.81. The molecule has 3 aromatic rings. The second-order valence-electron chi connectivity index (χ2n) is 5.35. The lowest BCUT2D eigenvalue weighted by molar-refractivity contribution is -0.147. The Labute approximate surface area is 154 Å². The van der Waals surface area contributed by atoms with Crippen molar-refractivity contribution in [2.24, 2.45) is 5.10 Å². The van der Waals surface area contributed by atoms with Crippen molar-refractivity contribution in [1.82, 2.24) is 15.0 Å². The van der Waals surface area contributed by atoms with Gasteiger partial charge in [0.1, 0.15) is 6.54 Å². The minimum atomic E-state index is -4.67. The Morgan fingerprint density at radius 2 is 1.88 bits per heavy atom. The molecule has 1 heterocycles. The van der Waals surface area contributed by atoms with E-state index in [2.05, 4.69) is 31.4 Å². The van der Waals surface area contributed by atoms with Crippen molar-refractivity contribution in [3.63, 3.8) is 0 Å². The molecule has 0 aliphatic heterocycles. The number of para-hydroxylation sites is 2. The van der Waals surface area contributed by atoms with Gasteiger partial charge in [0.25, 0.3) is 5.91 Å². The second-order valence-corrected chi connectivity index (χ2v) is 6.27. The summed E-state index contributed by atoms with van der Waals surface area (Å²) in [6.45, 7) is -0.549. The normalized spacial score (nSPS) is 12.0. The van der Waals surface area contributed by atoms with Gasteiger partial charge in [-0.25, -0.2) is 10.4 Å². The van der Waals surface area contributed by atoms with Crippen LogP contribution < -0.4 is 5.43 Å². The van der Waals surface area contributed by atoms with Gasteiger partial charge in [0, 0.05) is 4.47 Å². The summed E-state index contributed by atoms with van der Waals surface area (Å²) in [6.07, 6.45) is -3.26. The monoisotopic (exact) mass is 424 g/mol. The van der Waals surface area contributed by atoms with Crippen LogP contribution in [0.2, 0.25) is 0 Å². The second kappa shape index (κ2) is 7.28. The van der Waals surface area contributed by atoms with Crippen LogP contribution in [0.3, 0.4) is 0 Å². The molecule has 0 unspecified atom stereocenters. The van der Waals surface area contributed by atoms with Crippen LogP contribution >= 0.6 is 15.9 Å². The van der Waals surface area contributed by atoms with E-state index in [1.165, 1.54) is 18.3 Å². The largest absolute Gasteiger partial charge is 0.449 e. The van der Waals surface area contributed by atoms with Crippen LogP contribution in [-0.4, -0.2) is 21.7 Å². The van der Waals surface area contributed by atoms with E-state index in [-0.39, 0.29) is 11.0 Å². The zero-order valence-electron chi connectivity index (χ0n) is 13.2. The maximum atomic E-state index is 13.2. The zero-order chi connectivity index (χ0) is 18.7. The lowest BCUT2D eigenvalue weighted by Gasteiger charge is -2.10. The molecule has 0 saturated carbocycles. The van der Waals surface area contributed by atoms with Crippen molar-refractivity contribution in [3.05, 3.63) is 64.4 Å². The molecule has 1 amide bonds. The van der Waals surface area contributed by atoms with E-state index in [0.29, 0.717) is 0 Å². The third-order valence-corrected chi connectivity index (χ3v) is 4.01. The summed E-state index contributed by atoms with van der Waals surface area (Å²) in [5, 5.41) is 3.77. The van der Waals surface area contributed by atoms with E-state index >= 15 is 0 Å². The quantitative estimate of drug-likeness (QED) is 0.508. The van der Waals surface area contributed by atoms with Crippen LogP contribution in [0, 0.1) is 0 Å². The molecule has 0 aliphatic rings. The maximum Gasteiger partial charge on any atom is 0.449 e. The van der Waals surface area contributed by atoms with Gasteiger partial charge >= 0.3 is 6.18 Å². The fraction of sp³-hybridized carbons (Fsp3) is 0.118. The van der Waals surface area contributed by atoms with E-state index in [0.717, 1.165) is 14.6 Å². The first-order valence-electron chi connectivity index (χ1n) is 7.44. The van der Waals surface area contributed by atoms with Crippen molar-refractivity contribution in [1.29, 1.82) is 0 Å². The van der Waals surface area contributed by atoms with E-state index in [1.54, 1.807) is 36.4 Å². The lowest BCUT2D eigenvalue weighted by Crippen LogP contribution is -2.26. The molecule has 2 aromatic carbocycles. The standard InChI is InChI=1S/C17H12BrF3N4O/c18-12-7-5-11(6-8-12)9-22-24-15(26)10-25-14-4-2-1-3-13(14)23-16(25)17(19,20)21/h1-9H,10H2,(H,24,26). The molecular formula is C17H12BrF3N4O. The third kappa shape index (κ3) is 4.10. The van der Waals surface area contributed by atoms with Crippen LogP contribution in [0.5, 0.6) is 0 Å². The summed E-state index contributed by atoms with van der Waals surface area (Å²) in [4.78, 5) is 15.6. The lowest BCUT2D eigenvalue weighted by atomic mass is 10.2. The van der Waals surface area contributed by atoms with Crippen molar-refractivity contribution in [2.45, 2.75) is 12.7 Å². The molecule has 0 spiro atoms. The summed E-state index contributed by atoms with van der Waals surface area (Å²) >= 11 is 3.30. The Morgan fingerprint density at radius 3 is 2.58 bits per heavy atom. The highest BCUT2D eigenvalue weighted by atomic mass is 79.9. The predicted molar refractivity (Wildman–Crippen MR) is 94.6 cm³/mol. The van der Waals surface area contributed by atoms with E-state index < -0.39 is 24.5 Å². The Bertz CT molecular complexity index is 964. The summed E-state index contributed by atoms with van der Waals surface area (Å²) < 4.78 is 41.3. The molecule has 0 bridgehead atoms. The molecule has 3 rings (SSSR count). The van der Waals surface area contributed by atoms with Gasteiger partial charge in [0.15, 0.2) is 0 Å². The van der Waals surface area contributed by atoms with Gasteiger partial charge in [0.2, 0.25) is 5.82 Å². The van der Waals surface area contributed by atoms with E-state index in [9.17, 15) is 18.0 Å². The molecular weight excluding hydrogens is 413 g/mol. The molecule has 0 fully saturated rings. The fourth-order valence-electron chi connectivity index (χ4n) is 2.36. The molecule has 0 atom stereocenters. The number of imidazole rings is 1. The first-order chi connectivity index (χ1) is 12.3. The van der Waals surface area contributed by atoms with Crippen molar-refractivity contribution in [2.75, 3.05) is 0 Å². The summed E-state index contributed by atoms with van der Waals surface area (Å²) in [7, 11) is 0. The SMILES string of the molecule is O=C(Cn1c(C(F)(F)F)nc2ccccc21)NN=Cc1ccc(Br)cc1. The first-order valence-corrected chi connectivity index (χ1v) is 8.24. The van der Waals surface area contributed by atoms with Gasteiger partial charge in [-0.1, -0.05) is 40.2 Å². The van der Waals surface area contributed by atoms with Gasteiger partial charge in [0.05, 0.1) is 17.2 Å². The Kier molecular flexibility index (Phi) is 5.08. The van der Waals surface area contributed by atoms with Crippen LogP contribution in [-0.2, 0) is 17.5 Å². The van der Waals surface area contributed by atoms with Gasteiger partial charge in [-0.15, -0.1) is 0 Å². The van der Waals surface area contributed by atoms with Gasteiger partial charge in [-0.2, -0.15) is 18.3 Å². The Balaban J connectivity index is 1.77. The minimum Gasteiger partial charge on any atom is -0.311 e. The number of nitrogens with one attached hydrogen (secondary N) is 1. The number of fused-ring (bicyclic) bond motifs is 1. The summed E-state index contributed by atoms with van der Waals surface area (Å²) in [6, 6.07) is 13.3. The predicted octanol–water partition coefficient (Wildman–Crippen LogP) is 3.97. The first kappa shape index (κ1) is 18.1. The molecule has 0 aliphatic carbocycles. The molecule has 9 heteroatoms. The number of carbonyl (C=O) groups is 1. The highest BCUT2D eigenvalue weighted by molar-refractivity contribution is 9.10. The molecule has 134 valence electrons. The molecule has 0 saturated heterocycles. The molecule has 1 N–H and O–H groups in total. The van der Waals surface area contributed by atoms with Crippen LogP contribution in [0.15, 0.2) is 58.1 Å². The number of hydrogen-bond donors (Lipinski definition) is 1. The molecule has 0 radical (unpaired) electrons. The highest BCUT2D eigenvalue weighted by Crippen LogP contribution is 2.31. The number of hydrogen-bond acceptors (Lipinski definition) is 3. The molecule has 5 nitrogen and oxygen atoms in total. The zero-order valence-corrected chi connectivity index (χ0v) is 14.8. The number of aromatic nitrogens is 2. The number of alkyl halides is 3. The van der Waals surface area contributed by atoms with Crippen LogP contribution in [0.25, 0.3) is 11.0 Å². The maximum absolute atomic E-state index is 13.2. The number of rotatable bonds is 4. The van der Waals surface area contributed by atoms with Gasteiger partial charge < -0.3 is 4.57 Å². The average Bonchev–Trinajstić information content (AvgIpc) is 2.96. The summed E-state index contributed by atoms with van der Waals surface area (Å²) in [5.41, 5.74) is 3.36. The number of hydrazone groups is 1. The number of benzene rings is 2. The number of halogens is 4. The number of carbonyl (C=O) groups excluding carboxylic acids is 1. The minimum absolute atomic E-state index is 0.172. The van der Waals surface area contributed by atoms with Crippen molar-refractivity contribution in [3.8, 4) is 0 Å². The third-order valence-electron chi connectivity index (χ3n) is 3.48. The molecule has 26 heavy (non-hydrogen) atoms. The van der Waals surface area contributed by atoms with Crippen LogP contribution in [0.4, 0.5) is 13.2 Å². The van der Waals surface area contributed by atoms with Crippen molar-refractivity contribution >= 4 is 39.1 Å². The fourth-order valence-corrected chi connectivity index (χ4v) is 2.62. The Hall–Kier alpha value is -2.68. The highest BCUT2D eigenvalue weighted by Gasteiger charge is 2.37. The van der Waals surface area contributed by atoms with E-state index in [1.807, 2.05) is 0 Å². The average molecular weight is 425 g/mol. The van der Waals surface area contributed by atoms with Crippen LogP contribution in [0.1, 0.15) is 11.4 Å². The Morgan fingerprint density at radius 1 is 1.19 bits per heavy atom. The van der Waals surface area contributed by atoms with Gasteiger partial charge in [-0.05, 0) is 29.8 Å². The van der Waals surface area contributed by atoms with Crippen molar-refractivity contribution < 1.29 is 18.0 Å². The number of nitrogens with zero attached hydrogens (tertiary/aromatic N) is 3. The molecule has 1 aromatic heterocycles. The van der Waals surface area contributed by atoms with Gasteiger partial charge in [-0.3, -0.25) is 4.79 Å². The topological polar surface area (TPSA) is 59.3 Å². The van der Waals surface area contributed by atoms with E-state index in [4.69, 9.17) is 0 Å². The number of amides is 1.